The van der Waals surface area contributed by atoms with Crippen molar-refractivity contribution in [3.05, 3.63) is 16.8 Å². The van der Waals surface area contributed by atoms with E-state index in [2.05, 4.69) is 15.0 Å². The number of halogens is 2. The predicted molar refractivity (Wildman–Crippen MR) is 118 cm³/mol. The highest BCUT2D eigenvalue weighted by molar-refractivity contribution is 6.35. The molecule has 6 nitrogen and oxygen atoms in total. The van der Waals surface area contributed by atoms with Crippen LogP contribution in [0.3, 0.4) is 0 Å². The minimum atomic E-state index is -0.676. The van der Waals surface area contributed by atoms with Gasteiger partial charge in [0.1, 0.15) is 5.52 Å². The molecule has 2 aromatic rings. The zero-order chi connectivity index (χ0) is 20.9. The molecule has 0 aromatic carbocycles. The number of nitrogens with zero attached hydrogens (tertiary/aromatic N) is 4. The Hall–Kier alpha value is -1.40. The zero-order valence-corrected chi connectivity index (χ0v) is 18.6. The van der Waals surface area contributed by atoms with Gasteiger partial charge in [-0.1, -0.05) is 82.2 Å². The number of carboxylic acids is 1. The first-order chi connectivity index (χ1) is 14.1. The van der Waals surface area contributed by atoms with Crippen LogP contribution < -0.4 is 0 Å². The van der Waals surface area contributed by atoms with Crippen LogP contribution in [0.4, 0.5) is 0 Å². The van der Waals surface area contributed by atoms with E-state index in [0.29, 0.717) is 17.2 Å². The molecule has 0 amide bonds. The summed E-state index contributed by atoms with van der Waals surface area (Å²) in [6.07, 6.45) is 17.7. The molecule has 2 aromatic heterocycles. The van der Waals surface area contributed by atoms with Gasteiger partial charge in [0.25, 0.3) is 0 Å². The van der Waals surface area contributed by atoms with E-state index in [1.165, 1.54) is 64.2 Å². The molecule has 0 spiro atoms. The molecule has 0 saturated heterocycles. The highest BCUT2D eigenvalue weighted by Crippen LogP contribution is 2.22. The molecular formula is C21H32Cl2N4O2. The van der Waals surface area contributed by atoms with E-state index >= 15 is 0 Å². The molecule has 0 bridgehead atoms. The topological polar surface area (TPSA) is 80.9 Å². The van der Waals surface area contributed by atoms with Crippen molar-refractivity contribution in [2.45, 2.75) is 96.4 Å². The molecule has 0 radical (unpaired) electrons. The van der Waals surface area contributed by atoms with Gasteiger partial charge in [0.2, 0.25) is 5.28 Å². The van der Waals surface area contributed by atoms with E-state index in [1.54, 1.807) is 6.33 Å². The maximum absolute atomic E-state index is 10.4. The lowest BCUT2D eigenvalue weighted by atomic mass is 10.0. The van der Waals surface area contributed by atoms with Crippen molar-refractivity contribution in [1.82, 2.24) is 19.5 Å². The summed E-state index contributed by atoms with van der Waals surface area (Å²) in [6.45, 7) is 0.869. The van der Waals surface area contributed by atoms with Gasteiger partial charge in [0.15, 0.2) is 10.8 Å². The highest BCUT2D eigenvalue weighted by atomic mass is 35.5. The minimum Gasteiger partial charge on any atom is -0.481 e. The number of aryl methyl sites for hydroxylation is 1. The van der Waals surface area contributed by atoms with Crippen LogP contribution in [-0.2, 0) is 11.3 Å². The molecular weight excluding hydrogens is 411 g/mol. The fraction of sp³-hybridized carbons (Fsp3) is 0.714. The smallest absolute Gasteiger partial charge is 0.303 e. The lowest BCUT2D eigenvalue weighted by Crippen LogP contribution is -1.98. The Kier molecular flexibility index (Phi) is 11.3. The Labute approximate surface area is 183 Å². The summed E-state index contributed by atoms with van der Waals surface area (Å²) in [5, 5.41) is 9.07. The van der Waals surface area contributed by atoms with Crippen LogP contribution in [-0.4, -0.2) is 30.6 Å². The summed E-state index contributed by atoms with van der Waals surface area (Å²) in [5.41, 5.74) is 1.31. The van der Waals surface area contributed by atoms with E-state index in [1.807, 2.05) is 4.57 Å². The summed E-state index contributed by atoms with van der Waals surface area (Å²) >= 11 is 12.0. The molecule has 2 rings (SSSR count). The largest absolute Gasteiger partial charge is 0.481 e. The van der Waals surface area contributed by atoms with Crippen molar-refractivity contribution in [1.29, 1.82) is 0 Å². The number of aromatic nitrogens is 4. The van der Waals surface area contributed by atoms with E-state index < -0.39 is 5.97 Å². The van der Waals surface area contributed by atoms with Crippen molar-refractivity contribution in [3.63, 3.8) is 0 Å². The van der Waals surface area contributed by atoms with E-state index in [0.717, 1.165) is 31.3 Å². The molecule has 8 heteroatoms. The third-order valence-electron chi connectivity index (χ3n) is 5.19. The number of fused-ring (bicyclic) bond motifs is 1. The number of carbonyl (C=O) groups is 1. The molecule has 0 saturated carbocycles. The normalized spacial score (nSPS) is 11.4. The Morgan fingerprint density at radius 3 is 1.90 bits per heavy atom. The number of rotatable bonds is 16. The Bertz CT molecular complexity index is 752. The van der Waals surface area contributed by atoms with Gasteiger partial charge in [-0.05, 0) is 24.4 Å². The second-order valence-corrected chi connectivity index (χ2v) is 8.33. The number of carboxylic acid groups (broad SMARTS) is 1. The second kappa shape index (κ2) is 13.8. The van der Waals surface area contributed by atoms with Crippen molar-refractivity contribution < 1.29 is 9.90 Å². The van der Waals surface area contributed by atoms with E-state index in [4.69, 9.17) is 28.3 Å². The lowest BCUT2D eigenvalue weighted by molar-refractivity contribution is -0.137. The van der Waals surface area contributed by atoms with Gasteiger partial charge in [-0.25, -0.2) is 9.97 Å². The summed E-state index contributed by atoms with van der Waals surface area (Å²) in [6, 6.07) is 0. The standard InChI is InChI=1S/C21H32Cl2N4O2/c22-19-18-20(26-21(23)25-19)24-16-27(18)15-13-11-9-7-5-3-1-2-4-6-8-10-12-14-17(28)29/h16H,1-15H2,(H,28,29). The average Bonchev–Trinajstić information content (AvgIpc) is 3.07. The summed E-state index contributed by atoms with van der Waals surface area (Å²) < 4.78 is 2.01. The molecule has 1 N–H and O–H groups in total. The number of hydrogen-bond donors (Lipinski definition) is 1. The van der Waals surface area contributed by atoms with Crippen LogP contribution in [0.2, 0.25) is 10.4 Å². The van der Waals surface area contributed by atoms with Gasteiger partial charge in [0.05, 0.1) is 6.33 Å². The van der Waals surface area contributed by atoms with Gasteiger partial charge in [-0.2, -0.15) is 4.98 Å². The Morgan fingerprint density at radius 1 is 0.828 bits per heavy atom. The number of unbranched alkanes of at least 4 members (excludes halogenated alkanes) is 12. The van der Waals surface area contributed by atoms with Crippen LogP contribution in [0.5, 0.6) is 0 Å². The maximum atomic E-state index is 10.4. The van der Waals surface area contributed by atoms with Gasteiger partial charge in [-0.3, -0.25) is 4.79 Å². The van der Waals surface area contributed by atoms with Crippen LogP contribution in [0.25, 0.3) is 11.2 Å². The SMILES string of the molecule is O=C(O)CCCCCCCCCCCCCCCn1cnc2nc(Cl)nc(Cl)c21. The molecule has 2 heterocycles. The first kappa shape index (κ1) is 23.9. The summed E-state index contributed by atoms with van der Waals surface area (Å²) in [5.74, 6) is -0.676. The Balaban J connectivity index is 1.42. The van der Waals surface area contributed by atoms with Crippen molar-refractivity contribution in [3.8, 4) is 0 Å². The highest BCUT2D eigenvalue weighted by Gasteiger charge is 2.10. The third-order valence-corrected chi connectivity index (χ3v) is 5.62. The lowest BCUT2D eigenvalue weighted by Gasteiger charge is -2.05. The number of aliphatic carboxylic acids is 1. The molecule has 0 aliphatic carbocycles. The van der Waals surface area contributed by atoms with Crippen molar-refractivity contribution in [2.75, 3.05) is 0 Å². The van der Waals surface area contributed by atoms with Crippen molar-refractivity contribution in [2.24, 2.45) is 0 Å². The molecule has 29 heavy (non-hydrogen) atoms. The first-order valence-electron chi connectivity index (χ1n) is 10.8. The van der Waals surface area contributed by atoms with Gasteiger partial charge in [0, 0.05) is 13.0 Å². The summed E-state index contributed by atoms with van der Waals surface area (Å²) in [7, 11) is 0. The minimum absolute atomic E-state index is 0.128. The van der Waals surface area contributed by atoms with Crippen LogP contribution >= 0.6 is 23.2 Å². The van der Waals surface area contributed by atoms with E-state index in [-0.39, 0.29) is 5.28 Å². The zero-order valence-electron chi connectivity index (χ0n) is 17.1. The quantitative estimate of drug-likeness (QED) is 0.178. The number of hydrogen-bond acceptors (Lipinski definition) is 4. The number of imidazole rings is 1. The summed E-state index contributed by atoms with van der Waals surface area (Å²) in [4.78, 5) is 22.8. The van der Waals surface area contributed by atoms with Crippen molar-refractivity contribution >= 4 is 40.3 Å². The predicted octanol–water partition coefficient (Wildman–Crippen LogP) is 6.68. The van der Waals surface area contributed by atoms with Crippen LogP contribution in [0, 0.1) is 0 Å². The van der Waals surface area contributed by atoms with Gasteiger partial charge in [-0.15, -0.1) is 0 Å². The van der Waals surface area contributed by atoms with Crippen LogP contribution in [0.1, 0.15) is 89.9 Å². The molecule has 0 unspecified atom stereocenters. The maximum Gasteiger partial charge on any atom is 0.303 e. The van der Waals surface area contributed by atoms with Gasteiger partial charge >= 0.3 is 5.97 Å². The third kappa shape index (κ3) is 9.30. The Morgan fingerprint density at radius 2 is 1.34 bits per heavy atom. The molecule has 0 aliphatic rings. The first-order valence-corrected chi connectivity index (χ1v) is 11.6. The second-order valence-electron chi connectivity index (χ2n) is 7.63. The monoisotopic (exact) mass is 442 g/mol. The van der Waals surface area contributed by atoms with Gasteiger partial charge < -0.3 is 9.67 Å². The molecule has 0 atom stereocenters. The van der Waals surface area contributed by atoms with E-state index in [9.17, 15) is 4.79 Å². The fourth-order valence-electron chi connectivity index (χ4n) is 3.58. The fourth-order valence-corrected chi connectivity index (χ4v) is 4.06. The van der Waals surface area contributed by atoms with Crippen LogP contribution in [0.15, 0.2) is 6.33 Å². The molecule has 0 aliphatic heterocycles. The molecule has 0 fully saturated rings. The molecule has 162 valence electrons. The average molecular weight is 443 g/mol.